The lowest BCUT2D eigenvalue weighted by Crippen LogP contribution is -2.29. The Morgan fingerprint density at radius 2 is 2.14 bits per heavy atom. The summed E-state index contributed by atoms with van der Waals surface area (Å²) in [4.78, 5) is 22.3. The number of benzene rings is 1. The summed E-state index contributed by atoms with van der Waals surface area (Å²) in [5.74, 6) is -0.577. The van der Waals surface area contributed by atoms with Crippen molar-refractivity contribution in [3.05, 3.63) is 31.7 Å². The third kappa shape index (κ3) is 4.86. The molecule has 0 aliphatic heterocycles. The summed E-state index contributed by atoms with van der Waals surface area (Å²) in [5, 5.41) is 11.3. The standard InChI is InChI=1S/C13H15BrClNO5/c1-3-5-11(13(17)20-4-2)21-12-9(14)6-8(15)7-10(12)16(18)19/h6-7,11H,3-5H2,1-2H3. The molecule has 0 saturated heterocycles. The van der Waals surface area contributed by atoms with Crippen molar-refractivity contribution in [2.24, 2.45) is 0 Å². The molecule has 0 aliphatic carbocycles. The number of carbonyl (C=O) groups is 1. The van der Waals surface area contributed by atoms with Crippen LogP contribution in [0.2, 0.25) is 5.02 Å². The lowest BCUT2D eigenvalue weighted by Gasteiger charge is -2.18. The number of hydrogen-bond donors (Lipinski definition) is 0. The molecule has 0 bridgehead atoms. The summed E-state index contributed by atoms with van der Waals surface area (Å²) in [6.45, 7) is 3.77. The second kappa shape index (κ2) is 8.19. The van der Waals surface area contributed by atoms with Gasteiger partial charge in [-0.15, -0.1) is 0 Å². The number of halogens is 2. The number of ether oxygens (including phenoxy) is 2. The minimum absolute atomic E-state index is 0.0316. The summed E-state index contributed by atoms with van der Waals surface area (Å²) in [6.07, 6.45) is 0.166. The molecule has 116 valence electrons. The highest BCUT2D eigenvalue weighted by Crippen LogP contribution is 2.38. The molecule has 1 aromatic carbocycles. The van der Waals surface area contributed by atoms with Gasteiger partial charge in [-0.05, 0) is 35.3 Å². The molecule has 0 spiro atoms. The van der Waals surface area contributed by atoms with Crippen LogP contribution in [0.3, 0.4) is 0 Å². The van der Waals surface area contributed by atoms with Crippen molar-refractivity contribution in [1.29, 1.82) is 0 Å². The highest BCUT2D eigenvalue weighted by atomic mass is 79.9. The Bertz CT molecular complexity index is 538. The largest absolute Gasteiger partial charge is 0.471 e. The van der Waals surface area contributed by atoms with E-state index in [0.29, 0.717) is 17.3 Å². The maximum Gasteiger partial charge on any atom is 0.347 e. The van der Waals surface area contributed by atoms with Crippen LogP contribution < -0.4 is 4.74 Å². The van der Waals surface area contributed by atoms with Crippen molar-refractivity contribution in [1.82, 2.24) is 0 Å². The zero-order chi connectivity index (χ0) is 16.0. The Morgan fingerprint density at radius 1 is 1.48 bits per heavy atom. The van der Waals surface area contributed by atoms with E-state index < -0.39 is 17.0 Å². The molecule has 0 heterocycles. The minimum atomic E-state index is -0.897. The van der Waals surface area contributed by atoms with Gasteiger partial charge in [0.05, 0.1) is 16.0 Å². The monoisotopic (exact) mass is 379 g/mol. The van der Waals surface area contributed by atoms with Gasteiger partial charge in [0, 0.05) is 11.1 Å². The molecule has 0 fully saturated rings. The predicted molar refractivity (Wildman–Crippen MR) is 81.8 cm³/mol. The topological polar surface area (TPSA) is 78.7 Å². The van der Waals surface area contributed by atoms with E-state index in [1.54, 1.807) is 6.92 Å². The number of nitro groups is 1. The first-order valence-corrected chi connectivity index (χ1v) is 7.54. The number of nitrogens with zero attached hydrogens (tertiary/aromatic N) is 1. The van der Waals surface area contributed by atoms with Gasteiger partial charge in [0.1, 0.15) is 0 Å². The smallest absolute Gasteiger partial charge is 0.347 e. The summed E-state index contributed by atoms with van der Waals surface area (Å²) < 4.78 is 10.8. The summed E-state index contributed by atoms with van der Waals surface area (Å²) in [5.41, 5.74) is -0.306. The Labute approximate surface area is 135 Å². The number of nitro benzene ring substituents is 1. The van der Waals surface area contributed by atoms with Crippen LogP contribution in [0.15, 0.2) is 16.6 Å². The number of esters is 1. The number of hydrogen-bond acceptors (Lipinski definition) is 5. The van der Waals surface area contributed by atoms with Gasteiger partial charge in [-0.25, -0.2) is 4.79 Å². The van der Waals surface area contributed by atoms with Crippen molar-refractivity contribution in [3.63, 3.8) is 0 Å². The van der Waals surface area contributed by atoms with Crippen molar-refractivity contribution in [3.8, 4) is 5.75 Å². The van der Waals surface area contributed by atoms with Gasteiger partial charge in [-0.3, -0.25) is 10.1 Å². The molecule has 1 unspecified atom stereocenters. The van der Waals surface area contributed by atoms with Crippen molar-refractivity contribution in [2.45, 2.75) is 32.8 Å². The van der Waals surface area contributed by atoms with Crippen LogP contribution in [0.4, 0.5) is 5.69 Å². The highest BCUT2D eigenvalue weighted by Gasteiger charge is 2.27. The fourth-order valence-electron chi connectivity index (χ4n) is 1.66. The lowest BCUT2D eigenvalue weighted by molar-refractivity contribution is -0.386. The van der Waals surface area contributed by atoms with Crippen LogP contribution >= 0.6 is 27.5 Å². The van der Waals surface area contributed by atoms with Crippen LogP contribution in [0.1, 0.15) is 26.7 Å². The molecule has 0 aromatic heterocycles. The van der Waals surface area contributed by atoms with Crippen molar-refractivity contribution >= 4 is 39.2 Å². The molecule has 0 N–H and O–H groups in total. The van der Waals surface area contributed by atoms with Gasteiger partial charge in [0.15, 0.2) is 6.10 Å². The minimum Gasteiger partial charge on any atom is -0.471 e. The first-order valence-electron chi connectivity index (χ1n) is 6.37. The van der Waals surface area contributed by atoms with Crippen LogP contribution in [0, 0.1) is 10.1 Å². The van der Waals surface area contributed by atoms with E-state index in [1.165, 1.54) is 12.1 Å². The predicted octanol–water partition coefficient (Wildman–Crippen LogP) is 4.12. The Balaban J connectivity index is 3.13. The Morgan fingerprint density at radius 3 is 2.67 bits per heavy atom. The third-order valence-corrected chi connectivity index (χ3v) is 3.35. The van der Waals surface area contributed by atoms with Crippen molar-refractivity contribution in [2.75, 3.05) is 6.61 Å². The zero-order valence-electron chi connectivity index (χ0n) is 11.6. The van der Waals surface area contributed by atoms with E-state index >= 15 is 0 Å². The lowest BCUT2D eigenvalue weighted by atomic mass is 10.2. The summed E-state index contributed by atoms with van der Waals surface area (Å²) in [6, 6.07) is 2.65. The van der Waals surface area contributed by atoms with E-state index in [0.717, 1.165) is 0 Å². The van der Waals surface area contributed by atoms with Gasteiger partial charge in [-0.2, -0.15) is 0 Å². The average Bonchev–Trinajstić information content (AvgIpc) is 2.40. The molecule has 0 radical (unpaired) electrons. The molecular formula is C13H15BrClNO5. The summed E-state index contributed by atoms with van der Waals surface area (Å²) in [7, 11) is 0. The van der Waals surface area contributed by atoms with Gasteiger partial charge in [0.25, 0.3) is 0 Å². The quantitative estimate of drug-likeness (QED) is 0.404. The fraction of sp³-hybridized carbons (Fsp3) is 0.462. The molecule has 0 amide bonds. The highest BCUT2D eigenvalue weighted by molar-refractivity contribution is 9.10. The fourth-order valence-corrected chi connectivity index (χ4v) is 2.55. The molecule has 8 heteroatoms. The van der Waals surface area contributed by atoms with Gasteiger partial charge in [0.2, 0.25) is 5.75 Å². The molecular weight excluding hydrogens is 366 g/mol. The second-order valence-corrected chi connectivity index (χ2v) is 5.43. The molecule has 1 rings (SSSR count). The van der Waals surface area contributed by atoms with E-state index in [9.17, 15) is 14.9 Å². The van der Waals surface area contributed by atoms with Gasteiger partial charge in [-0.1, -0.05) is 24.9 Å². The molecule has 0 aliphatic rings. The Hall–Kier alpha value is -1.34. The molecule has 0 saturated carbocycles. The second-order valence-electron chi connectivity index (χ2n) is 4.14. The van der Waals surface area contributed by atoms with Crippen molar-refractivity contribution < 1.29 is 19.2 Å². The third-order valence-electron chi connectivity index (χ3n) is 2.55. The molecule has 21 heavy (non-hydrogen) atoms. The van der Waals surface area contributed by atoms with E-state index in [4.69, 9.17) is 21.1 Å². The average molecular weight is 381 g/mol. The maximum atomic E-state index is 11.8. The van der Waals surface area contributed by atoms with E-state index in [2.05, 4.69) is 15.9 Å². The molecule has 1 aromatic rings. The van der Waals surface area contributed by atoms with Gasteiger partial charge < -0.3 is 9.47 Å². The number of rotatable bonds is 7. The molecule has 1 atom stereocenters. The maximum absolute atomic E-state index is 11.8. The van der Waals surface area contributed by atoms with Gasteiger partial charge >= 0.3 is 11.7 Å². The zero-order valence-corrected chi connectivity index (χ0v) is 13.9. The van der Waals surface area contributed by atoms with Crippen LogP contribution in [-0.4, -0.2) is 23.6 Å². The van der Waals surface area contributed by atoms with E-state index in [1.807, 2.05) is 6.92 Å². The van der Waals surface area contributed by atoms with Crippen LogP contribution in [0.25, 0.3) is 0 Å². The van der Waals surface area contributed by atoms with E-state index in [-0.39, 0.29) is 23.1 Å². The summed E-state index contributed by atoms with van der Waals surface area (Å²) >= 11 is 8.96. The molecule has 6 nitrogen and oxygen atoms in total. The Kier molecular flexibility index (Phi) is 6.91. The van der Waals surface area contributed by atoms with Crippen LogP contribution in [-0.2, 0) is 9.53 Å². The SMILES string of the molecule is CCCC(Oc1c(Br)cc(Cl)cc1[N+](=O)[O-])C(=O)OCC. The first-order chi connectivity index (χ1) is 9.90. The number of carbonyl (C=O) groups excluding carboxylic acids is 1. The first kappa shape index (κ1) is 17.7. The normalized spacial score (nSPS) is 11.8. The van der Waals surface area contributed by atoms with Crippen LogP contribution in [0.5, 0.6) is 5.75 Å².